The van der Waals surface area contributed by atoms with Gasteiger partial charge in [-0.2, -0.15) is 0 Å². The van der Waals surface area contributed by atoms with Gasteiger partial charge in [-0.25, -0.2) is 4.79 Å². The first kappa shape index (κ1) is 20.8. The summed E-state index contributed by atoms with van der Waals surface area (Å²) in [7, 11) is 0. The summed E-state index contributed by atoms with van der Waals surface area (Å²) in [6.45, 7) is 5.64. The van der Waals surface area contributed by atoms with E-state index in [4.69, 9.17) is 5.11 Å². The van der Waals surface area contributed by atoms with Crippen molar-refractivity contribution in [3.05, 3.63) is 12.7 Å². The lowest BCUT2D eigenvalue weighted by atomic mass is 10.3. The Kier molecular flexibility index (Phi) is 12.4. The molecule has 0 aliphatic carbocycles. The number of carboxylic acid groups (broad SMARTS) is 1. The fourth-order valence-electron chi connectivity index (χ4n) is 0.824. The first-order valence-corrected chi connectivity index (χ1v) is 5.84. The van der Waals surface area contributed by atoms with Gasteiger partial charge in [0.05, 0.1) is 0 Å². The van der Waals surface area contributed by atoms with Crippen molar-refractivity contribution in [1.29, 1.82) is 0 Å². The van der Waals surface area contributed by atoms with Crippen LogP contribution in [0.3, 0.4) is 0 Å². The molecule has 0 aliphatic heterocycles. The van der Waals surface area contributed by atoms with E-state index in [1.54, 1.807) is 0 Å². The number of ketones is 2. The minimum Gasteiger partial charge on any atom is -0.481 e. The molecule has 0 aliphatic rings. The maximum Gasteiger partial charge on any atom is 0.330 e. The second kappa shape index (κ2) is 12.5. The molecule has 0 saturated heterocycles. The maximum atomic E-state index is 10.8. The first-order chi connectivity index (χ1) is 9.68. The molecule has 0 spiro atoms. The molecular formula is C13H18O8. The smallest absolute Gasteiger partial charge is 0.330 e. The zero-order valence-corrected chi connectivity index (χ0v) is 11.9. The van der Waals surface area contributed by atoms with Crippen LogP contribution in [0.15, 0.2) is 12.7 Å². The predicted octanol–water partition coefficient (Wildman–Crippen LogP) is 0.288. The van der Waals surface area contributed by atoms with Crippen LogP contribution in [0.25, 0.3) is 0 Å². The zero-order chi connectivity index (χ0) is 16.8. The van der Waals surface area contributed by atoms with E-state index in [9.17, 15) is 24.0 Å². The summed E-state index contributed by atoms with van der Waals surface area (Å²) in [6.07, 6.45) is 0.396. The van der Waals surface area contributed by atoms with Gasteiger partial charge >= 0.3 is 17.9 Å². The minimum absolute atomic E-state index is 0.0332. The summed E-state index contributed by atoms with van der Waals surface area (Å²) in [4.78, 5) is 51.2. The Labute approximate surface area is 121 Å². The van der Waals surface area contributed by atoms with Crippen LogP contribution < -0.4 is 0 Å². The second-order valence-electron chi connectivity index (χ2n) is 3.74. The van der Waals surface area contributed by atoms with Gasteiger partial charge in [0, 0.05) is 6.08 Å². The number of carbonyl (C=O) groups is 5. The van der Waals surface area contributed by atoms with Crippen LogP contribution in [-0.2, 0) is 33.4 Å². The van der Waals surface area contributed by atoms with Crippen molar-refractivity contribution in [3.8, 4) is 0 Å². The Bertz CT molecular complexity index is 398. The van der Waals surface area contributed by atoms with Crippen LogP contribution in [0.5, 0.6) is 0 Å². The Morgan fingerprint density at radius 2 is 1.43 bits per heavy atom. The average molecular weight is 302 g/mol. The molecule has 0 fully saturated rings. The normalized spacial score (nSPS) is 8.67. The molecule has 0 heterocycles. The largest absolute Gasteiger partial charge is 0.481 e. The number of rotatable bonds is 8. The van der Waals surface area contributed by atoms with Crippen molar-refractivity contribution in [2.45, 2.75) is 26.7 Å². The Balaban J connectivity index is 0. The number of Topliss-reactive ketones (excluding diaryl/α,β-unsaturated/α-hetero) is 2. The van der Waals surface area contributed by atoms with E-state index < -0.39 is 17.9 Å². The fraction of sp³-hybridized carbons (Fsp3) is 0.462. The van der Waals surface area contributed by atoms with Crippen molar-refractivity contribution in [2.24, 2.45) is 0 Å². The highest BCUT2D eigenvalue weighted by Crippen LogP contribution is 1.88. The van der Waals surface area contributed by atoms with E-state index >= 15 is 0 Å². The Hall–Kier alpha value is -2.51. The van der Waals surface area contributed by atoms with Crippen LogP contribution in [0.4, 0.5) is 0 Å². The van der Waals surface area contributed by atoms with Crippen molar-refractivity contribution >= 4 is 29.5 Å². The van der Waals surface area contributed by atoms with Crippen LogP contribution in [0, 0.1) is 0 Å². The highest BCUT2D eigenvalue weighted by molar-refractivity contribution is 5.94. The molecule has 0 aromatic carbocycles. The number of esters is 2. The zero-order valence-electron chi connectivity index (χ0n) is 11.9. The fourth-order valence-corrected chi connectivity index (χ4v) is 0.824. The summed E-state index contributed by atoms with van der Waals surface area (Å²) >= 11 is 0. The lowest BCUT2D eigenvalue weighted by molar-refractivity contribution is -0.151. The standard InChI is InChI=1S/C9H12O5.C4H6O3/c1-3-8(11)13-4-5-14-9(12)6-7(2)10;1-3(5)2-4(6)7/h3H,1,4-6H2,2H3;2H2,1H3,(H,6,7). The van der Waals surface area contributed by atoms with Gasteiger partial charge in [0.15, 0.2) is 0 Å². The molecule has 0 rings (SSSR count). The topological polar surface area (TPSA) is 124 Å². The monoisotopic (exact) mass is 302 g/mol. The van der Waals surface area contributed by atoms with Gasteiger partial charge in [0.1, 0.15) is 37.6 Å². The molecule has 8 heteroatoms. The van der Waals surface area contributed by atoms with Gasteiger partial charge in [-0.15, -0.1) is 0 Å². The lowest BCUT2D eigenvalue weighted by Crippen LogP contribution is -2.14. The van der Waals surface area contributed by atoms with E-state index in [0.29, 0.717) is 0 Å². The minimum atomic E-state index is -1.06. The van der Waals surface area contributed by atoms with E-state index in [2.05, 4.69) is 16.1 Å². The number of ether oxygens (including phenoxy) is 2. The van der Waals surface area contributed by atoms with E-state index in [1.807, 2.05) is 0 Å². The summed E-state index contributed by atoms with van der Waals surface area (Å²) < 4.78 is 9.10. The molecular weight excluding hydrogens is 284 g/mol. The predicted molar refractivity (Wildman–Crippen MR) is 70.3 cm³/mol. The number of aliphatic carboxylic acids is 1. The highest BCUT2D eigenvalue weighted by atomic mass is 16.6. The molecule has 8 nitrogen and oxygen atoms in total. The van der Waals surface area contributed by atoms with Crippen LogP contribution in [-0.4, -0.2) is 47.8 Å². The molecule has 0 bridgehead atoms. The van der Waals surface area contributed by atoms with Gasteiger partial charge in [0.25, 0.3) is 0 Å². The molecule has 0 aromatic heterocycles. The third-order valence-electron chi connectivity index (χ3n) is 1.55. The van der Waals surface area contributed by atoms with Gasteiger partial charge in [-0.1, -0.05) is 6.58 Å². The van der Waals surface area contributed by atoms with Crippen molar-refractivity contribution in [3.63, 3.8) is 0 Å². The van der Waals surface area contributed by atoms with Gasteiger partial charge in [-0.05, 0) is 13.8 Å². The molecule has 0 unspecified atom stereocenters. The van der Waals surface area contributed by atoms with E-state index in [0.717, 1.165) is 6.08 Å². The van der Waals surface area contributed by atoms with Gasteiger partial charge in [0.2, 0.25) is 0 Å². The molecule has 1 N–H and O–H groups in total. The van der Waals surface area contributed by atoms with Crippen molar-refractivity contribution in [1.82, 2.24) is 0 Å². The quantitative estimate of drug-likeness (QED) is 0.293. The van der Waals surface area contributed by atoms with Gasteiger partial charge in [-0.3, -0.25) is 19.2 Å². The maximum absolute atomic E-state index is 10.8. The van der Waals surface area contributed by atoms with Crippen LogP contribution >= 0.6 is 0 Å². The molecule has 0 atom stereocenters. The molecule has 118 valence electrons. The average Bonchev–Trinajstić information content (AvgIpc) is 2.32. The lowest BCUT2D eigenvalue weighted by Gasteiger charge is -2.03. The van der Waals surface area contributed by atoms with E-state index in [1.165, 1.54) is 13.8 Å². The number of carboxylic acids is 1. The van der Waals surface area contributed by atoms with Crippen molar-refractivity contribution < 1.29 is 38.6 Å². The first-order valence-electron chi connectivity index (χ1n) is 5.84. The molecule has 0 radical (unpaired) electrons. The van der Waals surface area contributed by atoms with Crippen molar-refractivity contribution in [2.75, 3.05) is 13.2 Å². The van der Waals surface area contributed by atoms with E-state index in [-0.39, 0.29) is 37.6 Å². The SMILES string of the molecule is C=CC(=O)OCCOC(=O)CC(C)=O.CC(=O)CC(=O)O. The summed E-state index contributed by atoms with van der Waals surface area (Å²) in [6, 6.07) is 0. The van der Waals surface area contributed by atoms with Gasteiger partial charge < -0.3 is 14.6 Å². The third kappa shape index (κ3) is 20.0. The number of hydrogen-bond acceptors (Lipinski definition) is 7. The van der Waals surface area contributed by atoms with Crippen LogP contribution in [0.2, 0.25) is 0 Å². The highest BCUT2D eigenvalue weighted by Gasteiger charge is 2.06. The number of hydrogen-bond donors (Lipinski definition) is 1. The number of carbonyl (C=O) groups excluding carboxylic acids is 4. The second-order valence-corrected chi connectivity index (χ2v) is 3.74. The molecule has 0 aromatic rings. The third-order valence-corrected chi connectivity index (χ3v) is 1.55. The van der Waals surface area contributed by atoms with Crippen LogP contribution in [0.1, 0.15) is 26.7 Å². The molecule has 21 heavy (non-hydrogen) atoms. The molecule has 0 amide bonds. The summed E-state index contributed by atoms with van der Waals surface area (Å²) in [5.74, 6) is -2.84. The Morgan fingerprint density at radius 1 is 0.952 bits per heavy atom. The summed E-state index contributed by atoms with van der Waals surface area (Å²) in [5.41, 5.74) is 0. The summed E-state index contributed by atoms with van der Waals surface area (Å²) in [5, 5.41) is 7.86. The Morgan fingerprint density at radius 3 is 1.76 bits per heavy atom. The molecule has 0 saturated carbocycles.